The molecule has 1 aromatic rings. The topological polar surface area (TPSA) is 12.0 Å². The summed E-state index contributed by atoms with van der Waals surface area (Å²) >= 11 is 1.84. The molecule has 4 aliphatic carbocycles. The third kappa shape index (κ3) is 2.49. The van der Waals surface area contributed by atoms with Gasteiger partial charge in [-0.2, -0.15) is 11.3 Å². The normalized spacial score (nSPS) is 42.4. The van der Waals surface area contributed by atoms with Crippen LogP contribution in [-0.2, 0) is 6.42 Å². The van der Waals surface area contributed by atoms with Gasteiger partial charge in [0.15, 0.2) is 0 Å². The minimum Gasteiger partial charge on any atom is -0.316 e. The lowest BCUT2D eigenvalue weighted by Crippen LogP contribution is -2.58. The van der Waals surface area contributed by atoms with Gasteiger partial charge in [-0.1, -0.05) is 6.92 Å². The number of nitrogens with one attached hydrogen (secondary N) is 1. The van der Waals surface area contributed by atoms with Gasteiger partial charge in [-0.3, -0.25) is 0 Å². The van der Waals surface area contributed by atoms with Gasteiger partial charge in [-0.15, -0.1) is 0 Å². The molecule has 1 nitrogen and oxygen atoms in total. The first-order valence-electron chi connectivity index (χ1n) is 8.79. The van der Waals surface area contributed by atoms with Gasteiger partial charge in [0.1, 0.15) is 0 Å². The Morgan fingerprint density at radius 3 is 2.62 bits per heavy atom. The van der Waals surface area contributed by atoms with Crippen LogP contribution >= 0.6 is 11.3 Å². The highest BCUT2D eigenvalue weighted by molar-refractivity contribution is 7.07. The van der Waals surface area contributed by atoms with E-state index in [4.69, 9.17) is 0 Å². The molecule has 1 N–H and O–H groups in total. The second kappa shape index (κ2) is 5.09. The van der Waals surface area contributed by atoms with Crippen LogP contribution in [0.2, 0.25) is 0 Å². The summed E-state index contributed by atoms with van der Waals surface area (Å²) in [4.78, 5) is 0. The Bertz CT molecular complexity index is 478. The molecule has 4 aliphatic rings. The average Bonchev–Trinajstić information content (AvgIpc) is 2.89. The van der Waals surface area contributed by atoms with Gasteiger partial charge in [-0.25, -0.2) is 0 Å². The van der Waals surface area contributed by atoms with Crippen molar-refractivity contribution in [2.24, 2.45) is 22.7 Å². The molecular formula is C19H29NS. The Hall–Kier alpha value is -0.340. The summed E-state index contributed by atoms with van der Waals surface area (Å²) in [7, 11) is 2.21. The van der Waals surface area contributed by atoms with E-state index in [1.807, 2.05) is 11.3 Å². The summed E-state index contributed by atoms with van der Waals surface area (Å²) in [6.45, 7) is 2.59. The van der Waals surface area contributed by atoms with Crippen molar-refractivity contribution in [1.29, 1.82) is 0 Å². The summed E-state index contributed by atoms with van der Waals surface area (Å²) in [6.07, 6.45) is 11.7. The minimum absolute atomic E-state index is 0.615. The average molecular weight is 304 g/mol. The van der Waals surface area contributed by atoms with Crippen LogP contribution in [0.4, 0.5) is 0 Å². The molecule has 3 unspecified atom stereocenters. The fraction of sp³-hybridized carbons (Fsp3) is 0.789. The number of rotatable bonds is 5. The number of hydrogen-bond donors (Lipinski definition) is 1. The van der Waals surface area contributed by atoms with Crippen molar-refractivity contribution in [3.63, 3.8) is 0 Å². The van der Waals surface area contributed by atoms with E-state index in [1.54, 1.807) is 0 Å². The van der Waals surface area contributed by atoms with Crippen molar-refractivity contribution in [1.82, 2.24) is 5.32 Å². The van der Waals surface area contributed by atoms with Gasteiger partial charge in [0.25, 0.3) is 0 Å². The molecule has 4 saturated carbocycles. The first kappa shape index (κ1) is 14.3. The Kier molecular flexibility index (Phi) is 3.46. The zero-order valence-corrected chi connectivity index (χ0v) is 14.3. The molecule has 21 heavy (non-hydrogen) atoms. The molecular weight excluding hydrogens is 274 g/mol. The smallest absolute Gasteiger partial charge is 0.0124 e. The molecule has 116 valence electrons. The second-order valence-corrected chi connectivity index (χ2v) is 9.43. The van der Waals surface area contributed by atoms with Crippen LogP contribution in [-0.4, -0.2) is 13.1 Å². The van der Waals surface area contributed by atoms with Crippen molar-refractivity contribution < 1.29 is 0 Å². The Morgan fingerprint density at radius 1 is 1.29 bits per heavy atom. The van der Waals surface area contributed by atoms with Crippen LogP contribution in [0.3, 0.4) is 0 Å². The lowest BCUT2D eigenvalue weighted by atomic mass is 9.43. The maximum Gasteiger partial charge on any atom is 0.0124 e. The predicted molar refractivity (Wildman–Crippen MR) is 90.7 cm³/mol. The first-order chi connectivity index (χ1) is 10.1. The van der Waals surface area contributed by atoms with Crippen molar-refractivity contribution in [2.45, 2.75) is 64.3 Å². The van der Waals surface area contributed by atoms with Crippen molar-refractivity contribution in [2.75, 3.05) is 7.05 Å². The molecule has 4 fully saturated rings. The third-order valence-corrected chi connectivity index (χ3v) is 7.52. The number of hydrogen-bond acceptors (Lipinski definition) is 2. The molecule has 1 heterocycles. The highest BCUT2D eigenvalue weighted by Gasteiger charge is 2.57. The third-order valence-electron chi connectivity index (χ3n) is 6.79. The van der Waals surface area contributed by atoms with E-state index >= 15 is 0 Å². The maximum atomic E-state index is 3.74. The van der Waals surface area contributed by atoms with E-state index in [0.29, 0.717) is 10.8 Å². The standard InChI is InChI=1S/C19H29NS/c1-18-8-15-7-16(9-18)11-19(10-15,13-18)17(20-2)4-3-14-5-6-21-12-14/h5-6,12,15-17,20H,3-4,7-11,13H2,1-2H3. The Labute approximate surface area is 133 Å². The van der Waals surface area contributed by atoms with Crippen molar-refractivity contribution >= 4 is 11.3 Å². The second-order valence-electron chi connectivity index (χ2n) is 8.65. The number of thiophene rings is 1. The van der Waals surface area contributed by atoms with E-state index in [2.05, 4.69) is 36.1 Å². The maximum absolute atomic E-state index is 3.74. The molecule has 2 heteroatoms. The molecule has 1 aromatic heterocycles. The summed E-state index contributed by atoms with van der Waals surface area (Å²) < 4.78 is 0. The monoisotopic (exact) mass is 303 g/mol. The fourth-order valence-corrected chi connectivity index (χ4v) is 7.41. The zero-order valence-electron chi connectivity index (χ0n) is 13.5. The highest BCUT2D eigenvalue weighted by atomic mass is 32.1. The van der Waals surface area contributed by atoms with Crippen LogP contribution in [0.25, 0.3) is 0 Å². The van der Waals surface area contributed by atoms with Crippen LogP contribution in [0.5, 0.6) is 0 Å². The lowest BCUT2D eigenvalue weighted by Gasteiger charge is -2.63. The van der Waals surface area contributed by atoms with Gasteiger partial charge in [-0.05, 0) is 103 Å². The van der Waals surface area contributed by atoms with E-state index in [1.165, 1.54) is 56.9 Å². The molecule has 3 atom stereocenters. The van der Waals surface area contributed by atoms with Gasteiger partial charge in [0.2, 0.25) is 0 Å². The molecule has 0 saturated heterocycles. The van der Waals surface area contributed by atoms with E-state index in [9.17, 15) is 0 Å². The van der Waals surface area contributed by atoms with Gasteiger partial charge in [0.05, 0.1) is 0 Å². The largest absolute Gasteiger partial charge is 0.316 e. The zero-order chi connectivity index (χ0) is 14.5. The highest BCUT2D eigenvalue weighted by Crippen LogP contribution is 2.66. The van der Waals surface area contributed by atoms with Gasteiger partial charge < -0.3 is 5.32 Å². The summed E-state index contributed by atoms with van der Waals surface area (Å²) in [5.74, 6) is 2.07. The van der Waals surface area contributed by atoms with Crippen molar-refractivity contribution in [3.05, 3.63) is 22.4 Å². The summed E-state index contributed by atoms with van der Waals surface area (Å²) in [5, 5.41) is 8.29. The molecule has 5 rings (SSSR count). The lowest BCUT2D eigenvalue weighted by molar-refractivity contribution is -0.118. The molecule has 0 radical (unpaired) electrons. The van der Waals surface area contributed by atoms with E-state index in [0.717, 1.165) is 17.9 Å². The van der Waals surface area contributed by atoms with Crippen LogP contribution in [0.15, 0.2) is 16.8 Å². The summed E-state index contributed by atoms with van der Waals surface area (Å²) in [5.41, 5.74) is 2.82. The summed E-state index contributed by atoms with van der Waals surface area (Å²) in [6, 6.07) is 3.03. The predicted octanol–water partition coefficient (Wildman–Crippen LogP) is 4.88. The van der Waals surface area contributed by atoms with Crippen LogP contribution in [0, 0.1) is 22.7 Å². The Balaban J connectivity index is 1.52. The number of aryl methyl sites for hydroxylation is 1. The van der Waals surface area contributed by atoms with Crippen molar-refractivity contribution in [3.8, 4) is 0 Å². The fourth-order valence-electron chi connectivity index (χ4n) is 6.71. The molecule has 0 aromatic carbocycles. The van der Waals surface area contributed by atoms with E-state index in [-0.39, 0.29) is 0 Å². The van der Waals surface area contributed by atoms with Gasteiger partial charge in [0, 0.05) is 6.04 Å². The molecule has 0 amide bonds. The quantitative estimate of drug-likeness (QED) is 0.818. The molecule has 0 spiro atoms. The first-order valence-corrected chi connectivity index (χ1v) is 9.73. The Morgan fingerprint density at radius 2 is 2.05 bits per heavy atom. The van der Waals surface area contributed by atoms with Crippen LogP contribution in [0.1, 0.15) is 57.4 Å². The SMILES string of the molecule is CNC(CCc1ccsc1)C12CC3CC(CC(C)(C3)C1)C2. The molecule has 0 aliphatic heterocycles. The molecule has 4 bridgehead atoms. The minimum atomic E-state index is 0.615. The van der Waals surface area contributed by atoms with E-state index < -0.39 is 0 Å². The van der Waals surface area contributed by atoms with Gasteiger partial charge >= 0.3 is 0 Å². The van der Waals surface area contributed by atoms with Crippen LogP contribution < -0.4 is 5.32 Å².